The van der Waals surface area contributed by atoms with E-state index in [1.807, 2.05) is 0 Å². The Bertz CT molecular complexity index is 1250. The lowest BCUT2D eigenvalue weighted by molar-refractivity contribution is -0.137. The fourth-order valence-corrected chi connectivity index (χ4v) is 4.22. The van der Waals surface area contributed by atoms with Crippen LogP contribution in [0.2, 0.25) is 0 Å². The number of aryl methyl sites for hydroxylation is 1. The average Bonchev–Trinajstić information content (AvgIpc) is 3.21. The van der Waals surface area contributed by atoms with Crippen molar-refractivity contribution in [2.45, 2.75) is 38.4 Å². The summed E-state index contributed by atoms with van der Waals surface area (Å²) in [5, 5.41) is 4.07. The minimum absolute atomic E-state index is 0.172. The van der Waals surface area contributed by atoms with Crippen LogP contribution in [0.3, 0.4) is 0 Å². The molecule has 1 unspecified atom stereocenters. The van der Waals surface area contributed by atoms with Gasteiger partial charge in [-0.2, -0.15) is 18.3 Å². The Labute approximate surface area is 187 Å². The molecule has 4 rings (SSSR count). The molecule has 0 N–H and O–H groups in total. The minimum Gasteiger partial charge on any atom is -0.334 e. The third-order valence-corrected chi connectivity index (χ3v) is 5.75. The maximum atomic E-state index is 13.6. The predicted molar refractivity (Wildman–Crippen MR) is 114 cm³/mol. The van der Waals surface area contributed by atoms with Crippen LogP contribution in [0.15, 0.2) is 59.4 Å². The molecule has 1 fully saturated rings. The topological polar surface area (TPSA) is 55.2 Å². The lowest BCUT2D eigenvalue weighted by atomic mass is 10.0. The summed E-state index contributed by atoms with van der Waals surface area (Å²) in [6.45, 7) is 1.84. The summed E-state index contributed by atoms with van der Waals surface area (Å²) in [6.07, 6.45) is -2.87. The quantitative estimate of drug-likeness (QED) is 0.538. The van der Waals surface area contributed by atoms with Crippen molar-refractivity contribution in [3.8, 4) is 5.69 Å². The molecule has 172 valence electrons. The monoisotopic (exact) mass is 459 g/mol. The van der Waals surface area contributed by atoms with Crippen molar-refractivity contribution in [3.05, 3.63) is 93.2 Å². The molecule has 9 heteroatoms. The van der Waals surface area contributed by atoms with Gasteiger partial charge in [-0.15, -0.1) is 0 Å². The van der Waals surface area contributed by atoms with Gasteiger partial charge in [-0.3, -0.25) is 9.59 Å². The zero-order valence-corrected chi connectivity index (χ0v) is 17.8. The lowest BCUT2D eigenvalue weighted by Crippen LogP contribution is -2.40. The van der Waals surface area contributed by atoms with Crippen molar-refractivity contribution < 1.29 is 22.4 Å². The predicted octanol–water partition coefficient (Wildman–Crippen LogP) is 4.55. The van der Waals surface area contributed by atoms with Crippen molar-refractivity contribution in [1.82, 2.24) is 14.7 Å². The number of aromatic nitrogens is 2. The molecule has 1 saturated heterocycles. The average molecular weight is 459 g/mol. The molecule has 1 atom stereocenters. The largest absolute Gasteiger partial charge is 0.418 e. The first-order valence-corrected chi connectivity index (χ1v) is 10.5. The van der Waals surface area contributed by atoms with Crippen LogP contribution in [0.1, 0.15) is 40.2 Å². The molecular weight excluding hydrogens is 438 g/mol. The highest BCUT2D eigenvalue weighted by Gasteiger charge is 2.35. The smallest absolute Gasteiger partial charge is 0.334 e. The van der Waals surface area contributed by atoms with Crippen molar-refractivity contribution in [2.24, 2.45) is 0 Å². The van der Waals surface area contributed by atoms with Crippen LogP contribution >= 0.6 is 0 Å². The number of hydrogen-bond donors (Lipinski definition) is 0. The second-order valence-corrected chi connectivity index (χ2v) is 8.05. The summed E-state index contributed by atoms with van der Waals surface area (Å²) in [7, 11) is 0. The number of para-hydroxylation sites is 1. The number of nitrogens with zero attached hydrogens (tertiary/aromatic N) is 3. The van der Waals surface area contributed by atoms with Gasteiger partial charge in [-0.1, -0.05) is 24.3 Å². The van der Waals surface area contributed by atoms with Crippen molar-refractivity contribution in [2.75, 3.05) is 6.54 Å². The number of carbonyl (C=O) groups is 1. The zero-order chi connectivity index (χ0) is 23.8. The van der Waals surface area contributed by atoms with E-state index in [4.69, 9.17) is 0 Å². The Balaban J connectivity index is 1.70. The van der Waals surface area contributed by atoms with Crippen LogP contribution in [0.25, 0.3) is 5.69 Å². The van der Waals surface area contributed by atoms with Crippen LogP contribution in [-0.2, 0) is 12.6 Å². The third kappa shape index (κ3) is 4.67. The highest BCUT2D eigenvalue weighted by atomic mass is 19.4. The first-order chi connectivity index (χ1) is 15.6. The van der Waals surface area contributed by atoms with Gasteiger partial charge in [-0.25, -0.2) is 9.07 Å². The van der Waals surface area contributed by atoms with E-state index in [1.165, 1.54) is 42.2 Å². The standard InChI is InChI=1S/C24H21F4N3O2/c1-15-12-21(32)22(29-31(15)20-10-3-2-9-19(20)24(26,27)28)23(33)30-11-5-8-18(30)14-16-6-4-7-17(25)13-16/h2-4,6-7,9-10,12-13,18H,5,8,11,14H2,1H3. The summed E-state index contributed by atoms with van der Waals surface area (Å²) in [6, 6.07) is 11.8. The maximum Gasteiger partial charge on any atom is 0.418 e. The number of amides is 1. The van der Waals surface area contributed by atoms with E-state index in [1.54, 1.807) is 12.1 Å². The van der Waals surface area contributed by atoms with E-state index in [9.17, 15) is 27.2 Å². The number of halogens is 4. The summed E-state index contributed by atoms with van der Waals surface area (Å²) < 4.78 is 55.1. The van der Waals surface area contributed by atoms with Crippen molar-refractivity contribution in [3.63, 3.8) is 0 Å². The molecule has 3 aromatic rings. The molecule has 0 bridgehead atoms. The number of rotatable bonds is 4. The Morgan fingerprint density at radius 2 is 1.88 bits per heavy atom. The second-order valence-electron chi connectivity index (χ2n) is 8.05. The van der Waals surface area contributed by atoms with Gasteiger partial charge in [-0.05, 0) is 56.0 Å². The number of hydrogen-bond acceptors (Lipinski definition) is 3. The third-order valence-electron chi connectivity index (χ3n) is 5.75. The maximum absolute atomic E-state index is 13.6. The van der Waals surface area contributed by atoms with Gasteiger partial charge in [0.2, 0.25) is 5.43 Å². The van der Waals surface area contributed by atoms with Crippen molar-refractivity contribution >= 4 is 5.91 Å². The number of likely N-dealkylation sites (tertiary alicyclic amines) is 1. The second kappa shape index (κ2) is 8.80. The van der Waals surface area contributed by atoms with Crippen LogP contribution in [0, 0.1) is 12.7 Å². The molecule has 0 aliphatic carbocycles. The molecule has 1 aromatic heterocycles. The minimum atomic E-state index is -4.64. The van der Waals surface area contributed by atoms with Crippen LogP contribution < -0.4 is 5.43 Å². The van der Waals surface area contributed by atoms with Crippen LogP contribution in [0.4, 0.5) is 17.6 Å². The Morgan fingerprint density at radius 3 is 2.61 bits per heavy atom. The van der Waals surface area contributed by atoms with Gasteiger partial charge < -0.3 is 4.90 Å². The normalized spacial score (nSPS) is 16.3. The molecule has 0 radical (unpaired) electrons. The molecule has 2 heterocycles. The molecule has 1 aliphatic heterocycles. The van der Waals surface area contributed by atoms with E-state index in [2.05, 4.69) is 5.10 Å². The molecular formula is C24H21F4N3O2. The van der Waals surface area contributed by atoms with Gasteiger partial charge in [0.1, 0.15) is 5.82 Å². The molecule has 33 heavy (non-hydrogen) atoms. The first-order valence-electron chi connectivity index (χ1n) is 10.5. The van der Waals surface area contributed by atoms with Gasteiger partial charge >= 0.3 is 6.18 Å². The van der Waals surface area contributed by atoms with Crippen molar-refractivity contribution in [1.29, 1.82) is 0 Å². The lowest BCUT2D eigenvalue weighted by Gasteiger charge is -2.25. The highest BCUT2D eigenvalue weighted by Crippen LogP contribution is 2.33. The molecule has 0 saturated carbocycles. The molecule has 1 aliphatic rings. The molecule has 1 amide bonds. The van der Waals surface area contributed by atoms with Gasteiger partial charge in [0.15, 0.2) is 5.69 Å². The van der Waals surface area contributed by atoms with E-state index in [-0.39, 0.29) is 23.2 Å². The summed E-state index contributed by atoms with van der Waals surface area (Å²) in [5.74, 6) is -1.02. The molecule has 5 nitrogen and oxygen atoms in total. The Morgan fingerprint density at radius 1 is 1.12 bits per heavy atom. The summed E-state index contributed by atoms with van der Waals surface area (Å²) in [4.78, 5) is 27.4. The fourth-order valence-electron chi connectivity index (χ4n) is 4.22. The van der Waals surface area contributed by atoms with Gasteiger partial charge in [0.05, 0.1) is 11.3 Å². The Hall–Kier alpha value is -3.49. The van der Waals surface area contributed by atoms with Crippen LogP contribution in [-0.4, -0.2) is 33.2 Å². The highest BCUT2D eigenvalue weighted by molar-refractivity contribution is 5.92. The van der Waals surface area contributed by atoms with Gasteiger partial charge in [0, 0.05) is 24.3 Å². The Kier molecular flexibility index (Phi) is 6.05. The van der Waals surface area contributed by atoms with Gasteiger partial charge in [0.25, 0.3) is 5.91 Å². The summed E-state index contributed by atoms with van der Waals surface area (Å²) in [5.41, 5.74) is -1.40. The SMILES string of the molecule is Cc1cc(=O)c(C(=O)N2CCCC2Cc2cccc(F)c2)nn1-c1ccccc1C(F)(F)F. The number of benzene rings is 2. The van der Waals surface area contributed by atoms with Crippen LogP contribution in [0.5, 0.6) is 0 Å². The van der Waals surface area contributed by atoms with E-state index >= 15 is 0 Å². The van der Waals surface area contributed by atoms with E-state index in [0.29, 0.717) is 31.4 Å². The number of carbonyl (C=O) groups excluding carboxylic acids is 1. The first kappa shape index (κ1) is 22.7. The fraction of sp³-hybridized carbons (Fsp3) is 0.292. The number of alkyl halides is 3. The van der Waals surface area contributed by atoms with E-state index < -0.39 is 28.8 Å². The van der Waals surface area contributed by atoms with E-state index in [0.717, 1.165) is 16.8 Å². The molecule has 0 spiro atoms. The zero-order valence-electron chi connectivity index (χ0n) is 17.8. The summed E-state index contributed by atoms with van der Waals surface area (Å²) >= 11 is 0. The molecule has 2 aromatic carbocycles.